The van der Waals surface area contributed by atoms with Crippen LogP contribution in [0.3, 0.4) is 0 Å². The summed E-state index contributed by atoms with van der Waals surface area (Å²) in [5, 5.41) is 7.79. The van der Waals surface area contributed by atoms with Crippen LogP contribution in [0.25, 0.3) is 10.9 Å². The van der Waals surface area contributed by atoms with Gasteiger partial charge in [0.25, 0.3) is 11.5 Å². The summed E-state index contributed by atoms with van der Waals surface area (Å²) in [5.74, 6) is -0.0536. The molecule has 196 valence electrons. The Kier molecular flexibility index (Phi) is 8.43. The van der Waals surface area contributed by atoms with Crippen LogP contribution in [0.1, 0.15) is 31.2 Å². The number of nitrogens with zero attached hydrogens (tertiary/aromatic N) is 3. The van der Waals surface area contributed by atoms with Crippen LogP contribution in [0, 0.1) is 5.82 Å². The molecule has 0 aliphatic rings. The van der Waals surface area contributed by atoms with Crippen molar-refractivity contribution < 1.29 is 18.7 Å². The third kappa shape index (κ3) is 6.20. The van der Waals surface area contributed by atoms with Crippen LogP contribution in [0.4, 0.5) is 10.1 Å². The number of hydrogen-bond donors (Lipinski definition) is 1. The van der Waals surface area contributed by atoms with Gasteiger partial charge in [-0.3, -0.25) is 9.59 Å². The van der Waals surface area contributed by atoms with E-state index in [9.17, 15) is 14.0 Å². The predicted molar refractivity (Wildman–Crippen MR) is 149 cm³/mol. The van der Waals surface area contributed by atoms with Crippen molar-refractivity contribution in [3.8, 4) is 11.5 Å². The van der Waals surface area contributed by atoms with Gasteiger partial charge in [0.05, 0.1) is 24.2 Å². The second-order valence-corrected chi connectivity index (χ2v) is 9.87. The molecule has 0 aliphatic heterocycles. The summed E-state index contributed by atoms with van der Waals surface area (Å²) in [6, 6.07) is 13.7. The third-order valence-electron chi connectivity index (χ3n) is 5.41. The van der Waals surface area contributed by atoms with Gasteiger partial charge in [-0.2, -0.15) is 9.78 Å². The van der Waals surface area contributed by atoms with E-state index in [1.807, 2.05) is 19.9 Å². The number of nitrogens with one attached hydrogen (secondary N) is 1. The summed E-state index contributed by atoms with van der Waals surface area (Å²) < 4.78 is 26.3. The monoisotopic (exact) mass is 600 g/mol. The second-order valence-electron chi connectivity index (χ2n) is 8.52. The van der Waals surface area contributed by atoms with Gasteiger partial charge in [-0.05, 0) is 48.5 Å². The van der Waals surface area contributed by atoms with Crippen molar-refractivity contribution >= 4 is 56.2 Å². The second kappa shape index (κ2) is 11.7. The number of ether oxygens (including phenoxy) is 2. The quantitative estimate of drug-likeness (QED) is 0.251. The van der Waals surface area contributed by atoms with E-state index in [-0.39, 0.29) is 29.6 Å². The average Bonchev–Trinajstić information content (AvgIpc) is 2.88. The maximum atomic E-state index is 13.3. The lowest BCUT2D eigenvalue weighted by atomic mass is 10.2. The molecule has 1 heterocycles. The highest BCUT2D eigenvalue weighted by Gasteiger charge is 2.17. The van der Waals surface area contributed by atoms with Crippen LogP contribution >= 0.6 is 27.5 Å². The van der Waals surface area contributed by atoms with Gasteiger partial charge in [0, 0.05) is 32.7 Å². The maximum Gasteiger partial charge on any atom is 0.282 e. The number of methoxy groups -OCH3 is 1. The van der Waals surface area contributed by atoms with Gasteiger partial charge < -0.3 is 14.8 Å². The smallest absolute Gasteiger partial charge is 0.282 e. The SMILES string of the molecule is COc1cc(Cl)cc(C=Nn2c(C(C)C)nc3ccc(Br)cc3c2=O)c1OCC(=O)Nc1ccc(F)cc1. The molecule has 11 heteroatoms. The number of carbonyl (C=O) groups excluding carboxylic acids is 1. The zero-order chi connectivity index (χ0) is 27.4. The first kappa shape index (κ1) is 27.3. The first-order valence-electron chi connectivity index (χ1n) is 11.5. The predicted octanol–water partition coefficient (Wildman–Crippen LogP) is 5.98. The fourth-order valence-corrected chi connectivity index (χ4v) is 4.21. The standard InChI is InChI=1S/C27H23BrClFN4O4/c1-15(2)26-33-22-9-4-17(28)11-21(22)27(36)34(26)31-13-16-10-18(29)12-23(37-3)25(16)38-14-24(35)32-20-7-5-19(30)6-8-20/h4-13,15H,14H2,1-3H3,(H,32,35). The number of hydrogen-bond acceptors (Lipinski definition) is 6. The summed E-state index contributed by atoms with van der Waals surface area (Å²) in [4.78, 5) is 30.4. The van der Waals surface area contributed by atoms with Crippen molar-refractivity contribution in [2.75, 3.05) is 19.0 Å². The van der Waals surface area contributed by atoms with Crippen LogP contribution in [0.2, 0.25) is 5.02 Å². The topological polar surface area (TPSA) is 94.8 Å². The minimum Gasteiger partial charge on any atom is -0.493 e. The largest absolute Gasteiger partial charge is 0.493 e. The highest BCUT2D eigenvalue weighted by atomic mass is 79.9. The zero-order valence-electron chi connectivity index (χ0n) is 20.7. The lowest BCUT2D eigenvalue weighted by Crippen LogP contribution is -2.23. The number of benzene rings is 3. The average molecular weight is 602 g/mol. The highest BCUT2D eigenvalue weighted by Crippen LogP contribution is 2.34. The summed E-state index contributed by atoms with van der Waals surface area (Å²) in [7, 11) is 1.44. The van der Waals surface area contributed by atoms with Crippen LogP contribution in [0.15, 0.2) is 69.0 Å². The number of aromatic nitrogens is 2. The number of fused-ring (bicyclic) bond motifs is 1. The lowest BCUT2D eigenvalue weighted by Gasteiger charge is -2.15. The van der Waals surface area contributed by atoms with E-state index in [0.29, 0.717) is 33.0 Å². The molecule has 3 aromatic carbocycles. The van der Waals surface area contributed by atoms with Crippen LogP contribution in [-0.4, -0.2) is 35.5 Å². The normalized spacial score (nSPS) is 11.3. The molecule has 0 saturated heterocycles. The van der Waals surface area contributed by atoms with E-state index >= 15 is 0 Å². The van der Waals surface area contributed by atoms with Crippen LogP contribution in [0.5, 0.6) is 11.5 Å². The van der Waals surface area contributed by atoms with Gasteiger partial charge in [0.2, 0.25) is 0 Å². The van der Waals surface area contributed by atoms with Crippen molar-refractivity contribution in [3.05, 3.63) is 91.7 Å². The summed E-state index contributed by atoms with van der Waals surface area (Å²) in [6.45, 7) is 3.45. The molecule has 0 saturated carbocycles. The molecule has 0 unspecified atom stereocenters. The van der Waals surface area contributed by atoms with Crippen molar-refractivity contribution in [2.45, 2.75) is 19.8 Å². The van der Waals surface area contributed by atoms with E-state index in [0.717, 1.165) is 4.47 Å². The summed E-state index contributed by atoms with van der Waals surface area (Å²) >= 11 is 9.67. The van der Waals surface area contributed by atoms with Crippen molar-refractivity contribution in [1.82, 2.24) is 9.66 Å². The molecule has 1 amide bonds. The van der Waals surface area contributed by atoms with Gasteiger partial charge in [-0.25, -0.2) is 9.37 Å². The fourth-order valence-electron chi connectivity index (χ4n) is 3.63. The molecule has 1 N–H and O–H groups in total. The Morgan fingerprint density at radius 2 is 1.95 bits per heavy atom. The Labute approximate surface area is 231 Å². The highest BCUT2D eigenvalue weighted by molar-refractivity contribution is 9.10. The van der Waals surface area contributed by atoms with Crippen LogP contribution < -0.4 is 20.3 Å². The number of amides is 1. The molecule has 1 aromatic heterocycles. The summed E-state index contributed by atoms with van der Waals surface area (Å²) in [6.07, 6.45) is 1.40. The van der Waals surface area contributed by atoms with E-state index in [2.05, 4.69) is 31.3 Å². The number of carbonyl (C=O) groups is 1. The Morgan fingerprint density at radius 1 is 1.21 bits per heavy atom. The Hall–Kier alpha value is -3.76. The van der Waals surface area contributed by atoms with E-state index in [1.54, 1.807) is 18.2 Å². The molecule has 0 radical (unpaired) electrons. The van der Waals surface area contributed by atoms with E-state index < -0.39 is 11.7 Å². The van der Waals surface area contributed by atoms with Gasteiger partial charge >= 0.3 is 0 Å². The number of halogens is 3. The third-order valence-corrected chi connectivity index (χ3v) is 6.12. The van der Waals surface area contributed by atoms with Gasteiger partial charge in [0.1, 0.15) is 11.6 Å². The Balaban J connectivity index is 1.68. The molecule has 4 aromatic rings. The molecule has 38 heavy (non-hydrogen) atoms. The lowest BCUT2D eigenvalue weighted by molar-refractivity contribution is -0.118. The van der Waals surface area contributed by atoms with Gasteiger partial charge in [-0.1, -0.05) is 41.4 Å². The number of rotatable bonds is 8. The minimum absolute atomic E-state index is 0.104. The van der Waals surface area contributed by atoms with Gasteiger partial charge in [0.15, 0.2) is 18.1 Å². The minimum atomic E-state index is -0.473. The maximum absolute atomic E-state index is 13.3. The first-order chi connectivity index (χ1) is 18.2. The fraction of sp³-hybridized carbons (Fsp3) is 0.185. The molecule has 0 atom stereocenters. The van der Waals surface area contributed by atoms with Crippen molar-refractivity contribution in [1.29, 1.82) is 0 Å². The number of anilines is 1. The van der Waals surface area contributed by atoms with Gasteiger partial charge in [-0.15, -0.1) is 0 Å². The molecule has 0 bridgehead atoms. The Morgan fingerprint density at radius 3 is 2.63 bits per heavy atom. The molecule has 0 aliphatic carbocycles. The molecule has 8 nitrogen and oxygen atoms in total. The van der Waals surface area contributed by atoms with Crippen molar-refractivity contribution in [3.63, 3.8) is 0 Å². The molecule has 4 rings (SSSR count). The van der Waals surface area contributed by atoms with Crippen molar-refractivity contribution in [2.24, 2.45) is 5.10 Å². The molecule has 0 fully saturated rings. The van der Waals surface area contributed by atoms with Crippen LogP contribution in [-0.2, 0) is 4.79 Å². The van der Waals surface area contributed by atoms with E-state index in [4.69, 9.17) is 21.1 Å². The molecule has 0 spiro atoms. The molecular weight excluding hydrogens is 579 g/mol. The Bertz CT molecular complexity index is 1590. The first-order valence-corrected chi connectivity index (χ1v) is 12.7. The zero-order valence-corrected chi connectivity index (χ0v) is 23.0. The van der Waals surface area contributed by atoms with E-state index in [1.165, 1.54) is 48.3 Å². The molecular formula is C27H23BrClFN4O4. The summed E-state index contributed by atoms with van der Waals surface area (Å²) in [5.41, 5.74) is 1.01.